The first kappa shape index (κ1) is 13.2. The summed E-state index contributed by atoms with van der Waals surface area (Å²) in [6.07, 6.45) is 0. The molecule has 5 nitrogen and oxygen atoms in total. The van der Waals surface area contributed by atoms with Gasteiger partial charge >= 0.3 is 5.76 Å². The summed E-state index contributed by atoms with van der Waals surface area (Å²) in [6.45, 7) is 0.0400. The molecule has 1 heterocycles. The summed E-state index contributed by atoms with van der Waals surface area (Å²) in [6, 6.07) is 9.66. The van der Waals surface area contributed by atoms with E-state index in [-0.39, 0.29) is 12.3 Å². The van der Waals surface area contributed by atoms with Crippen molar-refractivity contribution >= 4 is 16.8 Å². The van der Waals surface area contributed by atoms with E-state index in [1.165, 1.54) is 17.7 Å². The van der Waals surface area contributed by atoms with E-state index in [9.17, 15) is 9.18 Å². The van der Waals surface area contributed by atoms with E-state index in [1.807, 2.05) is 0 Å². The van der Waals surface area contributed by atoms with Crippen molar-refractivity contribution in [2.24, 2.45) is 0 Å². The van der Waals surface area contributed by atoms with Crippen LogP contribution in [0.15, 0.2) is 45.6 Å². The first-order chi connectivity index (χ1) is 10.1. The normalized spacial score (nSPS) is 11.0. The molecule has 0 aliphatic carbocycles. The molecule has 2 N–H and O–H groups in total. The van der Waals surface area contributed by atoms with Crippen molar-refractivity contribution < 1.29 is 13.5 Å². The molecule has 6 heteroatoms. The Kier molecular flexibility index (Phi) is 3.13. The maximum Gasteiger partial charge on any atom is 0.420 e. The van der Waals surface area contributed by atoms with Crippen molar-refractivity contribution in [1.29, 1.82) is 0 Å². The maximum absolute atomic E-state index is 14.2. The molecular weight excluding hydrogens is 275 g/mol. The molecule has 3 rings (SSSR count). The minimum Gasteiger partial charge on any atom is -0.494 e. The van der Waals surface area contributed by atoms with Gasteiger partial charge in [-0.15, -0.1) is 0 Å². The van der Waals surface area contributed by atoms with Crippen LogP contribution in [-0.2, 0) is 6.54 Å². The van der Waals surface area contributed by atoms with Crippen molar-refractivity contribution in [1.82, 2.24) is 4.57 Å². The topological polar surface area (TPSA) is 70.4 Å². The summed E-state index contributed by atoms with van der Waals surface area (Å²) in [5.41, 5.74) is 7.50. The van der Waals surface area contributed by atoms with Crippen molar-refractivity contribution in [3.05, 3.63) is 58.3 Å². The zero-order chi connectivity index (χ0) is 15.0. The van der Waals surface area contributed by atoms with Gasteiger partial charge in [-0.3, -0.25) is 4.57 Å². The summed E-state index contributed by atoms with van der Waals surface area (Å²) < 4.78 is 25.6. The van der Waals surface area contributed by atoms with Crippen molar-refractivity contribution in [3.8, 4) is 5.75 Å². The summed E-state index contributed by atoms with van der Waals surface area (Å²) >= 11 is 0. The number of aromatic nitrogens is 1. The zero-order valence-electron chi connectivity index (χ0n) is 11.3. The summed E-state index contributed by atoms with van der Waals surface area (Å²) in [5.74, 6) is -0.921. The van der Waals surface area contributed by atoms with Gasteiger partial charge in [-0.2, -0.15) is 0 Å². The van der Waals surface area contributed by atoms with Crippen molar-refractivity contribution in [2.45, 2.75) is 6.54 Å². The lowest BCUT2D eigenvalue weighted by Crippen LogP contribution is -2.15. The van der Waals surface area contributed by atoms with E-state index in [0.717, 1.165) is 0 Å². The van der Waals surface area contributed by atoms with E-state index in [4.69, 9.17) is 14.9 Å². The van der Waals surface area contributed by atoms with Gasteiger partial charge in [0, 0.05) is 11.3 Å². The molecule has 1 aromatic heterocycles. The number of halogens is 1. The number of nitrogen functional groups attached to an aromatic ring is 1. The van der Waals surface area contributed by atoms with Crippen LogP contribution in [0.5, 0.6) is 5.75 Å². The van der Waals surface area contributed by atoms with E-state index < -0.39 is 11.6 Å². The Morgan fingerprint density at radius 1 is 1.33 bits per heavy atom. The largest absolute Gasteiger partial charge is 0.494 e. The number of fused-ring (bicyclic) bond motifs is 1. The molecule has 0 fully saturated rings. The van der Waals surface area contributed by atoms with Gasteiger partial charge in [-0.05, 0) is 24.3 Å². The molecule has 108 valence electrons. The minimum atomic E-state index is -0.558. The standard InChI is InChI=1S/C15H13FN2O3/c1-20-13-4-2-3-9(14(13)16)8-18-11-7-10(17)5-6-12(11)21-15(18)19/h2-7H,8,17H2,1H3. The van der Waals surface area contributed by atoms with Gasteiger partial charge in [0.2, 0.25) is 0 Å². The second-order valence-corrected chi connectivity index (χ2v) is 4.61. The number of rotatable bonds is 3. The molecule has 0 amide bonds. The molecule has 0 unspecified atom stereocenters. The number of benzene rings is 2. The predicted molar refractivity (Wildman–Crippen MR) is 76.9 cm³/mol. The molecule has 2 aromatic carbocycles. The number of hydrogen-bond donors (Lipinski definition) is 1. The smallest absolute Gasteiger partial charge is 0.420 e. The number of anilines is 1. The van der Waals surface area contributed by atoms with Crippen LogP contribution in [0.4, 0.5) is 10.1 Å². The number of nitrogens with two attached hydrogens (primary N) is 1. The van der Waals surface area contributed by atoms with Gasteiger partial charge in [-0.1, -0.05) is 12.1 Å². The van der Waals surface area contributed by atoms with Gasteiger partial charge in [-0.25, -0.2) is 9.18 Å². The van der Waals surface area contributed by atoms with Crippen LogP contribution in [0.3, 0.4) is 0 Å². The lowest BCUT2D eigenvalue weighted by molar-refractivity contribution is 0.383. The van der Waals surface area contributed by atoms with Crippen LogP contribution in [0.1, 0.15) is 5.56 Å². The first-order valence-corrected chi connectivity index (χ1v) is 6.30. The Labute approximate surface area is 119 Å². The molecular formula is C15H13FN2O3. The van der Waals surface area contributed by atoms with Crippen molar-refractivity contribution in [2.75, 3.05) is 12.8 Å². The second kappa shape index (κ2) is 4.97. The number of ether oxygens (including phenoxy) is 1. The van der Waals surface area contributed by atoms with E-state index in [2.05, 4.69) is 0 Å². The molecule has 0 spiro atoms. The fraction of sp³-hybridized carbons (Fsp3) is 0.133. The van der Waals surface area contributed by atoms with Crippen LogP contribution < -0.4 is 16.2 Å². The minimum absolute atomic E-state index is 0.0400. The highest BCUT2D eigenvalue weighted by molar-refractivity contribution is 5.77. The van der Waals surface area contributed by atoms with Crippen LogP contribution in [0, 0.1) is 5.82 Å². The Bertz CT molecular complexity index is 867. The van der Waals surface area contributed by atoms with E-state index in [1.54, 1.807) is 30.3 Å². The van der Waals surface area contributed by atoms with Crippen LogP contribution >= 0.6 is 0 Å². The quantitative estimate of drug-likeness (QED) is 0.751. The van der Waals surface area contributed by atoms with Gasteiger partial charge in [0.15, 0.2) is 17.1 Å². The molecule has 0 aliphatic rings. The fourth-order valence-electron chi connectivity index (χ4n) is 2.24. The van der Waals surface area contributed by atoms with Gasteiger partial charge < -0.3 is 14.9 Å². The molecule has 0 saturated heterocycles. The van der Waals surface area contributed by atoms with Gasteiger partial charge in [0.25, 0.3) is 0 Å². The summed E-state index contributed by atoms with van der Waals surface area (Å²) in [4.78, 5) is 11.9. The van der Waals surface area contributed by atoms with Gasteiger partial charge in [0.05, 0.1) is 19.2 Å². The lowest BCUT2D eigenvalue weighted by atomic mass is 10.2. The summed E-state index contributed by atoms with van der Waals surface area (Å²) in [5, 5.41) is 0. The lowest BCUT2D eigenvalue weighted by Gasteiger charge is -2.08. The zero-order valence-corrected chi connectivity index (χ0v) is 11.3. The average molecular weight is 288 g/mol. The van der Waals surface area contributed by atoms with E-state index >= 15 is 0 Å². The third kappa shape index (κ3) is 2.24. The Balaban J connectivity index is 2.12. The monoisotopic (exact) mass is 288 g/mol. The Morgan fingerprint density at radius 2 is 2.14 bits per heavy atom. The molecule has 3 aromatic rings. The molecule has 0 radical (unpaired) electrons. The van der Waals surface area contributed by atoms with Gasteiger partial charge in [0.1, 0.15) is 0 Å². The highest BCUT2D eigenvalue weighted by Crippen LogP contribution is 2.22. The number of nitrogens with zero attached hydrogens (tertiary/aromatic N) is 1. The second-order valence-electron chi connectivity index (χ2n) is 4.61. The average Bonchev–Trinajstić information content (AvgIpc) is 2.77. The predicted octanol–water partition coefficient (Wildman–Crippen LogP) is 2.37. The van der Waals surface area contributed by atoms with Crippen LogP contribution in [-0.4, -0.2) is 11.7 Å². The SMILES string of the molecule is COc1cccc(Cn2c(=O)oc3ccc(N)cc32)c1F. The highest BCUT2D eigenvalue weighted by atomic mass is 19.1. The summed E-state index contributed by atoms with van der Waals surface area (Å²) in [7, 11) is 1.39. The van der Waals surface area contributed by atoms with Crippen LogP contribution in [0.2, 0.25) is 0 Å². The van der Waals surface area contributed by atoms with Crippen molar-refractivity contribution in [3.63, 3.8) is 0 Å². The Hall–Kier alpha value is -2.76. The fourth-order valence-corrected chi connectivity index (χ4v) is 2.24. The molecule has 0 atom stereocenters. The highest BCUT2D eigenvalue weighted by Gasteiger charge is 2.14. The first-order valence-electron chi connectivity index (χ1n) is 6.30. The number of methoxy groups -OCH3 is 1. The molecule has 0 aliphatic heterocycles. The maximum atomic E-state index is 14.2. The number of oxazole rings is 1. The number of hydrogen-bond acceptors (Lipinski definition) is 4. The third-order valence-electron chi connectivity index (χ3n) is 3.28. The van der Waals surface area contributed by atoms with E-state index in [0.29, 0.717) is 22.4 Å². The Morgan fingerprint density at radius 3 is 2.90 bits per heavy atom. The molecule has 0 saturated carbocycles. The molecule has 21 heavy (non-hydrogen) atoms. The van der Waals surface area contributed by atoms with Crippen LogP contribution in [0.25, 0.3) is 11.1 Å². The third-order valence-corrected chi connectivity index (χ3v) is 3.28. The molecule has 0 bridgehead atoms.